The molecule has 1 heterocycles. The Bertz CT molecular complexity index is 580. The quantitative estimate of drug-likeness (QED) is 0.744. The molecular formula is C16H19BrN2OS. The van der Waals surface area contributed by atoms with Crippen molar-refractivity contribution in [1.29, 1.82) is 0 Å². The van der Waals surface area contributed by atoms with Crippen LogP contribution in [0.25, 0.3) is 0 Å². The number of amides is 1. The fourth-order valence-corrected chi connectivity index (χ4v) is 3.03. The monoisotopic (exact) mass is 366 g/mol. The summed E-state index contributed by atoms with van der Waals surface area (Å²) < 4.78 is 1.10. The average molecular weight is 367 g/mol. The Kier molecular flexibility index (Phi) is 6.39. The fourth-order valence-electron chi connectivity index (χ4n) is 2.03. The maximum Gasteiger partial charge on any atom is 0.220 e. The molecule has 0 atom stereocenters. The molecule has 3 nitrogen and oxygen atoms in total. The number of unbranched alkanes of at least 4 members (excludes halogenated alkanes) is 1. The molecule has 1 aromatic carbocycles. The molecule has 0 bridgehead atoms. The topological polar surface area (TPSA) is 42.0 Å². The third-order valence-electron chi connectivity index (χ3n) is 3.16. The summed E-state index contributed by atoms with van der Waals surface area (Å²) in [4.78, 5) is 17.0. The van der Waals surface area contributed by atoms with E-state index in [2.05, 4.69) is 50.5 Å². The molecule has 2 rings (SSSR count). The molecule has 1 aromatic heterocycles. The van der Waals surface area contributed by atoms with Gasteiger partial charge in [-0.2, -0.15) is 0 Å². The van der Waals surface area contributed by atoms with Gasteiger partial charge in [0.25, 0.3) is 0 Å². The van der Waals surface area contributed by atoms with Crippen LogP contribution in [0, 0.1) is 6.92 Å². The number of aryl methyl sites for hydroxylation is 2. The van der Waals surface area contributed by atoms with Gasteiger partial charge in [0.15, 0.2) is 0 Å². The van der Waals surface area contributed by atoms with Crippen LogP contribution in [0.15, 0.2) is 34.9 Å². The number of carbonyl (C=O) groups excluding carboxylic acids is 1. The summed E-state index contributed by atoms with van der Waals surface area (Å²) in [7, 11) is 0. The second-order valence-corrected chi connectivity index (χ2v) is 7.19. The summed E-state index contributed by atoms with van der Waals surface area (Å²) >= 11 is 5.05. The van der Waals surface area contributed by atoms with Crippen LogP contribution in [0.4, 0.5) is 0 Å². The number of hydrogen-bond donors (Lipinski definition) is 1. The molecule has 0 unspecified atom stereocenters. The van der Waals surface area contributed by atoms with Gasteiger partial charge >= 0.3 is 0 Å². The van der Waals surface area contributed by atoms with Gasteiger partial charge < -0.3 is 5.32 Å². The number of nitrogens with one attached hydrogen (secondary N) is 1. The van der Waals surface area contributed by atoms with Gasteiger partial charge in [-0.15, -0.1) is 11.3 Å². The van der Waals surface area contributed by atoms with Gasteiger partial charge in [-0.3, -0.25) is 4.79 Å². The fraction of sp³-hybridized carbons (Fsp3) is 0.375. The van der Waals surface area contributed by atoms with Crippen LogP contribution in [0.3, 0.4) is 0 Å². The Balaban J connectivity index is 1.59. The molecule has 0 spiro atoms. The maximum absolute atomic E-state index is 11.7. The highest BCUT2D eigenvalue weighted by Gasteiger charge is 2.03. The highest BCUT2D eigenvalue weighted by molar-refractivity contribution is 9.10. The molecule has 0 aliphatic carbocycles. The van der Waals surface area contributed by atoms with Crippen LogP contribution in [0.2, 0.25) is 0 Å². The van der Waals surface area contributed by atoms with Crippen molar-refractivity contribution in [3.63, 3.8) is 0 Å². The van der Waals surface area contributed by atoms with Crippen molar-refractivity contribution in [2.75, 3.05) is 0 Å². The summed E-state index contributed by atoms with van der Waals surface area (Å²) in [5.41, 5.74) is 1.32. The molecule has 0 aliphatic heterocycles. The van der Waals surface area contributed by atoms with Crippen molar-refractivity contribution in [2.45, 2.75) is 39.2 Å². The summed E-state index contributed by atoms with van der Waals surface area (Å²) in [5.74, 6) is 0.122. The van der Waals surface area contributed by atoms with Crippen molar-refractivity contribution in [3.05, 3.63) is 50.4 Å². The minimum Gasteiger partial charge on any atom is -0.351 e. The van der Waals surface area contributed by atoms with Crippen molar-refractivity contribution < 1.29 is 4.79 Å². The van der Waals surface area contributed by atoms with Gasteiger partial charge in [-0.05, 0) is 43.9 Å². The van der Waals surface area contributed by atoms with Crippen LogP contribution in [0.5, 0.6) is 0 Å². The molecule has 5 heteroatoms. The van der Waals surface area contributed by atoms with E-state index in [-0.39, 0.29) is 5.91 Å². The third-order valence-corrected chi connectivity index (χ3v) is 4.60. The van der Waals surface area contributed by atoms with Crippen LogP contribution in [-0.2, 0) is 17.8 Å². The van der Waals surface area contributed by atoms with E-state index in [1.807, 2.05) is 13.1 Å². The lowest BCUT2D eigenvalue weighted by Crippen LogP contribution is -2.21. The first kappa shape index (κ1) is 16.2. The first-order valence-corrected chi connectivity index (χ1v) is 8.67. The van der Waals surface area contributed by atoms with E-state index in [0.717, 1.165) is 33.6 Å². The van der Waals surface area contributed by atoms with Gasteiger partial charge in [0.05, 0.1) is 11.6 Å². The Hall–Kier alpha value is -1.20. The molecule has 0 fully saturated rings. The maximum atomic E-state index is 11.7. The summed E-state index contributed by atoms with van der Waals surface area (Å²) in [6.07, 6.45) is 5.40. The van der Waals surface area contributed by atoms with Gasteiger partial charge in [-0.1, -0.05) is 28.1 Å². The second kappa shape index (κ2) is 8.29. The van der Waals surface area contributed by atoms with E-state index in [0.29, 0.717) is 13.0 Å². The summed E-state index contributed by atoms with van der Waals surface area (Å²) in [5, 5.41) is 3.98. The number of carbonyl (C=O) groups is 1. The number of halogens is 1. The van der Waals surface area contributed by atoms with Gasteiger partial charge in [0.2, 0.25) is 5.91 Å². The van der Waals surface area contributed by atoms with E-state index in [9.17, 15) is 4.79 Å². The number of benzene rings is 1. The molecule has 1 amide bonds. The normalized spacial score (nSPS) is 10.6. The Labute approximate surface area is 137 Å². The highest BCUT2D eigenvalue weighted by atomic mass is 79.9. The van der Waals surface area contributed by atoms with Gasteiger partial charge in [0.1, 0.15) is 0 Å². The molecule has 112 valence electrons. The second-order valence-electron chi connectivity index (χ2n) is 4.96. The van der Waals surface area contributed by atoms with Crippen LogP contribution < -0.4 is 5.32 Å². The van der Waals surface area contributed by atoms with Crippen LogP contribution >= 0.6 is 27.3 Å². The molecule has 21 heavy (non-hydrogen) atoms. The van der Waals surface area contributed by atoms with Gasteiger partial charge in [-0.25, -0.2) is 4.98 Å². The van der Waals surface area contributed by atoms with Crippen molar-refractivity contribution in [2.24, 2.45) is 0 Å². The van der Waals surface area contributed by atoms with Gasteiger partial charge in [0, 0.05) is 22.0 Å². The molecule has 0 saturated heterocycles. The van der Waals surface area contributed by atoms with Crippen molar-refractivity contribution in [1.82, 2.24) is 10.3 Å². The minimum atomic E-state index is 0.122. The number of rotatable bonds is 7. The van der Waals surface area contributed by atoms with Crippen LogP contribution in [-0.4, -0.2) is 10.9 Å². The Morgan fingerprint density at radius 3 is 2.71 bits per heavy atom. The predicted octanol–water partition coefficient (Wildman–Crippen LogP) is 4.24. The molecular weight excluding hydrogens is 348 g/mol. The Morgan fingerprint density at radius 1 is 1.29 bits per heavy atom. The zero-order valence-corrected chi connectivity index (χ0v) is 14.5. The number of aromatic nitrogens is 1. The molecule has 0 saturated carbocycles. The highest BCUT2D eigenvalue weighted by Crippen LogP contribution is 2.13. The smallest absolute Gasteiger partial charge is 0.220 e. The van der Waals surface area contributed by atoms with E-state index < -0.39 is 0 Å². The number of hydrogen-bond acceptors (Lipinski definition) is 3. The van der Waals surface area contributed by atoms with E-state index in [1.165, 1.54) is 5.56 Å². The molecule has 0 aliphatic rings. The minimum absolute atomic E-state index is 0.122. The van der Waals surface area contributed by atoms with Crippen molar-refractivity contribution in [3.8, 4) is 0 Å². The summed E-state index contributed by atoms with van der Waals surface area (Å²) in [6, 6.07) is 8.35. The molecule has 2 aromatic rings. The first-order valence-electron chi connectivity index (χ1n) is 7.06. The zero-order chi connectivity index (χ0) is 15.1. The SMILES string of the molecule is Cc1ncc(CNC(=O)CCCCc2ccc(Br)cc2)s1. The predicted molar refractivity (Wildman–Crippen MR) is 90.4 cm³/mol. The number of thiazole rings is 1. The van der Waals surface area contributed by atoms with Crippen LogP contribution in [0.1, 0.15) is 34.7 Å². The lowest BCUT2D eigenvalue weighted by molar-refractivity contribution is -0.121. The van der Waals surface area contributed by atoms with E-state index in [4.69, 9.17) is 0 Å². The molecule has 1 N–H and O–H groups in total. The summed E-state index contributed by atoms with van der Waals surface area (Å²) in [6.45, 7) is 2.56. The average Bonchev–Trinajstić information content (AvgIpc) is 2.89. The van der Waals surface area contributed by atoms with E-state index in [1.54, 1.807) is 11.3 Å². The largest absolute Gasteiger partial charge is 0.351 e. The molecule has 0 radical (unpaired) electrons. The standard InChI is InChI=1S/C16H19BrN2OS/c1-12-18-10-15(21-12)11-19-16(20)5-3-2-4-13-6-8-14(17)9-7-13/h6-10H,2-5,11H2,1H3,(H,19,20). The zero-order valence-electron chi connectivity index (χ0n) is 12.1. The number of nitrogens with zero attached hydrogens (tertiary/aromatic N) is 1. The van der Waals surface area contributed by atoms with E-state index >= 15 is 0 Å². The third kappa shape index (κ3) is 5.98. The van der Waals surface area contributed by atoms with Crippen molar-refractivity contribution >= 4 is 33.2 Å². The Morgan fingerprint density at radius 2 is 2.05 bits per heavy atom. The lowest BCUT2D eigenvalue weighted by Gasteiger charge is -2.04. The first-order chi connectivity index (χ1) is 10.1. The lowest BCUT2D eigenvalue weighted by atomic mass is 10.1.